The molecule has 1 aliphatic carbocycles. The van der Waals surface area contributed by atoms with Gasteiger partial charge in [0.05, 0.1) is 4.92 Å². The van der Waals surface area contributed by atoms with E-state index in [9.17, 15) is 10.1 Å². The van der Waals surface area contributed by atoms with Gasteiger partial charge in [-0.25, -0.2) is 0 Å². The van der Waals surface area contributed by atoms with Gasteiger partial charge in [0.1, 0.15) is 5.69 Å². The highest BCUT2D eigenvalue weighted by molar-refractivity contribution is 5.59. The van der Waals surface area contributed by atoms with Crippen LogP contribution in [0.25, 0.3) is 0 Å². The maximum absolute atomic E-state index is 10.9. The zero-order valence-electron chi connectivity index (χ0n) is 11.3. The van der Waals surface area contributed by atoms with Crippen LogP contribution in [0.5, 0.6) is 0 Å². The number of nitro benzene ring substituents is 1. The monoisotopic (exact) mass is 263 g/mol. The van der Waals surface area contributed by atoms with Crippen LogP contribution in [0.2, 0.25) is 0 Å². The summed E-state index contributed by atoms with van der Waals surface area (Å²) in [6.07, 6.45) is 6.37. The Morgan fingerprint density at radius 3 is 2.68 bits per heavy atom. The Kier molecular flexibility index (Phi) is 4.37. The highest BCUT2D eigenvalue weighted by Crippen LogP contribution is 2.26. The minimum Gasteiger partial charge on any atom is -0.393 e. The smallest absolute Gasteiger partial charge is 0.292 e. The van der Waals surface area contributed by atoms with E-state index < -0.39 is 4.92 Å². The Bertz CT molecular complexity index is 456. The van der Waals surface area contributed by atoms with E-state index in [-0.39, 0.29) is 11.4 Å². The molecule has 2 rings (SSSR count). The number of nitrogens with two attached hydrogens (primary N) is 1. The van der Waals surface area contributed by atoms with Crippen LogP contribution in [0.3, 0.4) is 0 Å². The van der Waals surface area contributed by atoms with E-state index in [0.29, 0.717) is 6.04 Å². The van der Waals surface area contributed by atoms with E-state index in [4.69, 9.17) is 5.73 Å². The second-order valence-corrected chi connectivity index (χ2v) is 5.36. The lowest BCUT2D eigenvalue weighted by atomic mass is 9.94. The zero-order chi connectivity index (χ0) is 13.8. The summed E-state index contributed by atoms with van der Waals surface area (Å²) in [5, 5.41) is 10.9. The highest BCUT2D eigenvalue weighted by atomic mass is 16.6. The van der Waals surface area contributed by atoms with Crippen molar-refractivity contribution in [3.8, 4) is 0 Å². The molecule has 104 valence electrons. The topological polar surface area (TPSA) is 72.4 Å². The van der Waals surface area contributed by atoms with Gasteiger partial charge in [0.25, 0.3) is 5.69 Å². The van der Waals surface area contributed by atoms with Crippen LogP contribution < -0.4 is 5.73 Å². The standard InChI is InChI=1S/C14H21N3O2/c1-16(12-5-3-2-4-6-12)10-11-7-8-13(15)14(9-11)17(18)19/h7-9,12H,2-6,10,15H2,1H3. The molecular weight excluding hydrogens is 242 g/mol. The first-order valence-electron chi connectivity index (χ1n) is 6.81. The minimum atomic E-state index is -0.417. The number of benzene rings is 1. The summed E-state index contributed by atoms with van der Waals surface area (Å²) in [5.41, 5.74) is 6.80. The molecule has 1 aromatic carbocycles. The van der Waals surface area contributed by atoms with Crippen LogP contribution in [0.4, 0.5) is 11.4 Å². The number of nitrogen functional groups attached to an aromatic ring is 1. The lowest BCUT2D eigenvalue weighted by Gasteiger charge is -2.31. The van der Waals surface area contributed by atoms with Crippen molar-refractivity contribution in [1.82, 2.24) is 4.90 Å². The van der Waals surface area contributed by atoms with Gasteiger partial charge in [-0.2, -0.15) is 0 Å². The van der Waals surface area contributed by atoms with Gasteiger partial charge in [-0.3, -0.25) is 15.0 Å². The van der Waals surface area contributed by atoms with Crippen molar-refractivity contribution in [2.24, 2.45) is 0 Å². The number of hydrogen-bond acceptors (Lipinski definition) is 4. The molecule has 0 radical (unpaired) electrons. The van der Waals surface area contributed by atoms with Gasteiger partial charge in [-0.15, -0.1) is 0 Å². The molecule has 5 heteroatoms. The van der Waals surface area contributed by atoms with E-state index in [2.05, 4.69) is 11.9 Å². The molecule has 0 aromatic heterocycles. The lowest BCUT2D eigenvalue weighted by molar-refractivity contribution is -0.384. The Hall–Kier alpha value is -1.62. The molecular formula is C14H21N3O2. The average Bonchev–Trinajstić information content (AvgIpc) is 2.41. The summed E-state index contributed by atoms with van der Waals surface area (Å²) in [6.45, 7) is 0.742. The Balaban J connectivity index is 2.05. The molecule has 0 bridgehead atoms. The molecule has 0 unspecified atom stereocenters. The molecule has 19 heavy (non-hydrogen) atoms. The van der Waals surface area contributed by atoms with E-state index >= 15 is 0 Å². The average molecular weight is 263 g/mol. The fourth-order valence-electron chi connectivity index (χ4n) is 2.78. The molecule has 0 spiro atoms. The second-order valence-electron chi connectivity index (χ2n) is 5.36. The van der Waals surface area contributed by atoms with Crippen molar-refractivity contribution >= 4 is 11.4 Å². The van der Waals surface area contributed by atoms with Crippen molar-refractivity contribution in [3.63, 3.8) is 0 Å². The van der Waals surface area contributed by atoms with E-state index in [1.54, 1.807) is 12.1 Å². The van der Waals surface area contributed by atoms with Crippen molar-refractivity contribution in [1.29, 1.82) is 0 Å². The van der Waals surface area contributed by atoms with Gasteiger partial charge in [-0.05, 0) is 31.5 Å². The molecule has 5 nitrogen and oxygen atoms in total. The van der Waals surface area contributed by atoms with Crippen LogP contribution in [-0.4, -0.2) is 22.9 Å². The molecule has 1 aliphatic rings. The summed E-state index contributed by atoms with van der Waals surface area (Å²) in [7, 11) is 2.10. The van der Waals surface area contributed by atoms with Gasteiger partial charge < -0.3 is 5.73 Å². The normalized spacial score (nSPS) is 16.7. The molecule has 0 aliphatic heterocycles. The number of anilines is 1. The summed E-state index contributed by atoms with van der Waals surface area (Å²) in [6, 6.07) is 5.70. The molecule has 0 heterocycles. The third kappa shape index (κ3) is 3.44. The van der Waals surface area contributed by atoms with Crippen molar-refractivity contribution in [3.05, 3.63) is 33.9 Å². The summed E-state index contributed by atoms with van der Waals surface area (Å²) in [4.78, 5) is 12.8. The molecule has 2 N–H and O–H groups in total. The van der Waals surface area contributed by atoms with E-state index in [0.717, 1.165) is 12.1 Å². The first kappa shape index (κ1) is 13.8. The second kappa shape index (κ2) is 6.02. The molecule has 0 atom stereocenters. The first-order valence-corrected chi connectivity index (χ1v) is 6.81. The molecule has 1 fully saturated rings. The van der Waals surface area contributed by atoms with E-state index in [1.807, 2.05) is 6.07 Å². The summed E-state index contributed by atoms with van der Waals surface area (Å²) < 4.78 is 0. The van der Waals surface area contributed by atoms with Crippen LogP contribution >= 0.6 is 0 Å². The van der Waals surface area contributed by atoms with Gasteiger partial charge in [0.2, 0.25) is 0 Å². The van der Waals surface area contributed by atoms with Crippen molar-refractivity contribution in [2.45, 2.75) is 44.7 Å². The molecule has 1 saturated carbocycles. The molecule has 0 saturated heterocycles. The van der Waals surface area contributed by atoms with Crippen LogP contribution in [0, 0.1) is 10.1 Å². The number of hydrogen-bond donors (Lipinski definition) is 1. The van der Waals surface area contributed by atoms with Crippen molar-refractivity contribution < 1.29 is 4.92 Å². The summed E-state index contributed by atoms with van der Waals surface area (Å²) in [5.74, 6) is 0. The fourth-order valence-corrected chi connectivity index (χ4v) is 2.78. The SMILES string of the molecule is CN(Cc1ccc(N)c([N+](=O)[O-])c1)C1CCCCC1. The highest BCUT2D eigenvalue weighted by Gasteiger charge is 2.19. The third-order valence-electron chi connectivity index (χ3n) is 3.92. The van der Waals surface area contributed by atoms with Crippen LogP contribution in [0.15, 0.2) is 18.2 Å². The predicted molar refractivity (Wildman–Crippen MR) is 75.8 cm³/mol. The quantitative estimate of drug-likeness (QED) is 0.515. The fraction of sp³-hybridized carbons (Fsp3) is 0.571. The van der Waals surface area contributed by atoms with Crippen LogP contribution in [0.1, 0.15) is 37.7 Å². The number of nitro groups is 1. The molecule has 1 aromatic rings. The van der Waals surface area contributed by atoms with Crippen LogP contribution in [-0.2, 0) is 6.54 Å². The Morgan fingerprint density at radius 1 is 1.37 bits per heavy atom. The predicted octanol–water partition coefficient (Wildman–Crippen LogP) is 2.94. The maximum Gasteiger partial charge on any atom is 0.292 e. The minimum absolute atomic E-state index is 0.00884. The maximum atomic E-state index is 10.9. The first-order chi connectivity index (χ1) is 9.08. The summed E-state index contributed by atoms with van der Waals surface area (Å²) >= 11 is 0. The largest absolute Gasteiger partial charge is 0.393 e. The van der Waals surface area contributed by atoms with Gasteiger partial charge in [-0.1, -0.05) is 25.3 Å². The Labute approximate surface area is 113 Å². The number of rotatable bonds is 4. The van der Waals surface area contributed by atoms with E-state index in [1.165, 1.54) is 32.1 Å². The zero-order valence-corrected chi connectivity index (χ0v) is 11.3. The lowest BCUT2D eigenvalue weighted by Crippen LogP contribution is -2.32. The molecule has 0 amide bonds. The van der Waals surface area contributed by atoms with Gasteiger partial charge in [0, 0.05) is 18.7 Å². The van der Waals surface area contributed by atoms with Gasteiger partial charge >= 0.3 is 0 Å². The van der Waals surface area contributed by atoms with Crippen molar-refractivity contribution in [2.75, 3.05) is 12.8 Å². The van der Waals surface area contributed by atoms with Gasteiger partial charge in [0.15, 0.2) is 0 Å². The third-order valence-corrected chi connectivity index (χ3v) is 3.92. The number of nitrogens with zero attached hydrogens (tertiary/aromatic N) is 2. The Morgan fingerprint density at radius 2 is 2.05 bits per heavy atom.